The fraction of sp³-hybridized carbons (Fsp3) is 0.444. The Labute approximate surface area is 171 Å². The largest absolute Gasteiger partial charge is 0.416 e. The van der Waals surface area contributed by atoms with Gasteiger partial charge in [0, 0.05) is 37.4 Å². The maximum Gasteiger partial charge on any atom is 0.416 e. The molecule has 10 heteroatoms. The summed E-state index contributed by atoms with van der Waals surface area (Å²) in [5.74, 6) is -0.170. The van der Waals surface area contributed by atoms with E-state index in [1.54, 1.807) is 4.90 Å². The first-order valence-corrected chi connectivity index (χ1v) is 9.22. The zero-order valence-corrected chi connectivity index (χ0v) is 16.4. The van der Waals surface area contributed by atoms with Gasteiger partial charge in [-0.3, -0.25) is 4.79 Å². The lowest BCUT2D eigenvalue weighted by Gasteiger charge is -2.26. The van der Waals surface area contributed by atoms with E-state index < -0.39 is 11.7 Å². The maximum atomic E-state index is 13.1. The zero-order chi connectivity index (χ0) is 19.2. The van der Waals surface area contributed by atoms with Crippen LogP contribution in [0, 0.1) is 0 Å². The Morgan fingerprint density at radius 2 is 1.89 bits per heavy atom. The normalized spacial score (nSPS) is 16.6. The van der Waals surface area contributed by atoms with Crippen molar-refractivity contribution >= 4 is 29.9 Å². The van der Waals surface area contributed by atoms with E-state index in [0.717, 1.165) is 29.8 Å². The molecule has 1 N–H and O–H groups in total. The van der Waals surface area contributed by atoms with Crippen molar-refractivity contribution in [2.75, 3.05) is 26.2 Å². The highest BCUT2D eigenvalue weighted by molar-refractivity contribution is 6.32. The van der Waals surface area contributed by atoms with Gasteiger partial charge >= 0.3 is 6.18 Å². The van der Waals surface area contributed by atoms with Crippen molar-refractivity contribution in [3.05, 3.63) is 45.7 Å². The smallest absolute Gasteiger partial charge is 0.335 e. The first-order chi connectivity index (χ1) is 12.9. The average molecular weight is 435 g/mol. The van der Waals surface area contributed by atoms with Gasteiger partial charge in [-0.1, -0.05) is 11.6 Å². The second-order valence-electron chi connectivity index (χ2n) is 6.75. The molecule has 2 aromatic rings. The minimum atomic E-state index is -4.48. The highest BCUT2D eigenvalue weighted by Crippen LogP contribution is 2.35. The van der Waals surface area contributed by atoms with Crippen LogP contribution in [0.2, 0.25) is 5.02 Å². The van der Waals surface area contributed by atoms with Crippen molar-refractivity contribution in [1.29, 1.82) is 0 Å². The summed E-state index contributed by atoms with van der Waals surface area (Å²) in [5, 5.41) is 7.77. The number of carbonyl (C=O) groups excluding carboxylic acids is 1. The van der Waals surface area contributed by atoms with Crippen LogP contribution in [0.1, 0.15) is 33.7 Å². The maximum absolute atomic E-state index is 13.1. The molecule has 1 aliphatic carbocycles. The first-order valence-electron chi connectivity index (χ1n) is 8.84. The predicted octanol–water partition coefficient (Wildman–Crippen LogP) is 3.50. The van der Waals surface area contributed by atoms with Crippen molar-refractivity contribution in [1.82, 2.24) is 20.0 Å². The third-order valence-corrected chi connectivity index (χ3v) is 5.36. The number of nitrogens with zero attached hydrogens (tertiary/aromatic N) is 3. The Balaban J connectivity index is 0.00000225. The Kier molecular flexibility index (Phi) is 5.93. The third kappa shape index (κ3) is 3.73. The quantitative estimate of drug-likeness (QED) is 0.786. The van der Waals surface area contributed by atoms with Crippen molar-refractivity contribution < 1.29 is 18.0 Å². The molecule has 28 heavy (non-hydrogen) atoms. The van der Waals surface area contributed by atoms with E-state index in [1.807, 2.05) is 0 Å². The van der Waals surface area contributed by atoms with Crippen LogP contribution in [0.5, 0.6) is 0 Å². The molecule has 0 unspecified atom stereocenters. The number of aromatic nitrogens is 2. The van der Waals surface area contributed by atoms with E-state index in [9.17, 15) is 18.0 Å². The van der Waals surface area contributed by atoms with Crippen LogP contribution in [-0.4, -0.2) is 46.8 Å². The molecule has 0 spiro atoms. The van der Waals surface area contributed by atoms with Gasteiger partial charge in [-0.25, -0.2) is 4.68 Å². The molecule has 152 valence electrons. The van der Waals surface area contributed by atoms with Crippen molar-refractivity contribution in [2.45, 2.75) is 25.4 Å². The van der Waals surface area contributed by atoms with Gasteiger partial charge in [-0.2, -0.15) is 18.3 Å². The van der Waals surface area contributed by atoms with Crippen LogP contribution >= 0.6 is 24.0 Å². The second-order valence-corrected chi connectivity index (χ2v) is 7.15. The number of halogens is 5. The minimum absolute atomic E-state index is 0. The van der Waals surface area contributed by atoms with E-state index in [-0.39, 0.29) is 29.0 Å². The summed E-state index contributed by atoms with van der Waals surface area (Å²) in [5.41, 5.74) is 1.29. The lowest BCUT2D eigenvalue weighted by Crippen LogP contribution is -2.46. The van der Waals surface area contributed by atoms with Crippen LogP contribution < -0.4 is 5.32 Å². The molecule has 0 atom stereocenters. The number of amides is 1. The van der Waals surface area contributed by atoms with Crippen LogP contribution in [0.4, 0.5) is 13.2 Å². The lowest BCUT2D eigenvalue weighted by atomic mass is 10.1. The molecular formula is C18H19Cl2F3N4O. The first kappa shape index (κ1) is 21.0. The monoisotopic (exact) mass is 434 g/mol. The Bertz CT molecular complexity index is 892. The minimum Gasteiger partial charge on any atom is -0.335 e. The fourth-order valence-electron chi connectivity index (χ4n) is 3.68. The number of alkyl halides is 3. The van der Waals surface area contributed by atoms with E-state index in [1.165, 1.54) is 10.7 Å². The van der Waals surface area contributed by atoms with E-state index in [0.29, 0.717) is 44.7 Å². The molecule has 1 aromatic carbocycles. The van der Waals surface area contributed by atoms with Gasteiger partial charge < -0.3 is 10.2 Å². The molecular weight excluding hydrogens is 416 g/mol. The number of hydrogen-bond donors (Lipinski definition) is 1. The molecule has 2 heterocycles. The lowest BCUT2D eigenvalue weighted by molar-refractivity contribution is -0.137. The highest BCUT2D eigenvalue weighted by Gasteiger charge is 2.33. The highest BCUT2D eigenvalue weighted by atomic mass is 35.5. The standard InChI is InChI=1S/C18H18ClF3N4O.ClH/c19-13-5-4-11(18(20,21)22)10-15(13)26-14-3-1-2-12(14)16(24-26)17(27)25-8-6-23-7-9-25;/h4-5,10,23H,1-3,6-9H2;1H. The molecule has 1 amide bonds. The van der Waals surface area contributed by atoms with E-state index in [4.69, 9.17) is 11.6 Å². The molecule has 1 saturated heterocycles. The fourth-order valence-corrected chi connectivity index (χ4v) is 3.88. The summed E-state index contributed by atoms with van der Waals surface area (Å²) in [4.78, 5) is 14.7. The van der Waals surface area contributed by atoms with E-state index in [2.05, 4.69) is 10.4 Å². The number of benzene rings is 1. The number of carbonyl (C=O) groups is 1. The van der Waals surface area contributed by atoms with Crippen LogP contribution in [-0.2, 0) is 19.0 Å². The molecule has 1 fully saturated rings. The molecule has 2 aliphatic rings. The Hall–Kier alpha value is -1.77. The van der Waals surface area contributed by atoms with Gasteiger partial charge in [0.25, 0.3) is 5.91 Å². The average Bonchev–Trinajstić information content (AvgIpc) is 3.24. The molecule has 1 aliphatic heterocycles. The predicted molar refractivity (Wildman–Crippen MR) is 102 cm³/mol. The molecule has 5 nitrogen and oxygen atoms in total. The number of nitrogens with one attached hydrogen (secondary N) is 1. The van der Waals surface area contributed by atoms with Gasteiger partial charge in [0.2, 0.25) is 0 Å². The summed E-state index contributed by atoms with van der Waals surface area (Å²) >= 11 is 6.19. The van der Waals surface area contributed by atoms with Gasteiger partial charge in [0.15, 0.2) is 5.69 Å². The molecule has 1 aromatic heterocycles. The molecule has 0 saturated carbocycles. The number of hydrogen-bond acceptors (Lipinski definition) is 3. The van der Waals surface area contributed by atoms with Crippen LogP contribution in [0.15, 0.2) is 18.2 Å². The Morgan fingerprint density at radius 1 is 1.18 bits per heavy atom. The number of fused-ring (bicyclic) bond motifs is 1. The summed E-state index contributed by atoms with van der Waals surface area (Å²) in [7, 11) is 0. The van der Waals surface area contributed by atoms with Gasteiger partial charge in [0.1, 0.15) is 0 Å². The summed E-state index contributed by atoms with van der Waals surface area (Å²) in [6.07, 6.45) is -2.29. The van der Waals surface area contributed by atoms with E-state index >= 15 is 0 Å². The van der Waals surface area contributed by atoms with Gasteiger partial charge in [-0.05, 0) is 37.5 Å². The van der Waals surface area contributed by atoms with Crippen LogP contribution in [0.25, 0.3) is 5.69 Å². The van der Waals surface area contributed by atoms with Crippen LogP contribution in [0.3, 0.4) is 0 Å². The SMILES string of the molecule is Cl.O=C(c1nn(-c2cc(C(F)(F)F)ccc2Cl)c2c1CCC2)N1CCNCC1. The van der Waals surface area contributed by atoms with Crippen molar-refractivity contribution in [3.8, 4) is 5.69 Å². The summed E-state index contributed by atoms with van der Waals surface area (Å²) < 4.78 is 40.8. The second kappa shape index (κ2) is 7.93. The van der Waals surface area contributed by atoms with Crippen molar-refractivity contribution in [3.63, 3.8) is 0 Å². The summed E-state index contributed by atoms with van der Waals surface area (Å²) in [6, 6.07) is 3.16. The van der Waals surface area contributed by atoms with Crippen molar-refractivity contribution in [2.24, 2.45) is 0 Å². The number of rotatable bonds is 2. The number of piperazine rings is 1. The molecule has 4 rings (SSSR count). The summed E-state index contributed by atoms with van der Waals surface area (Å²) in [6.45, 7) is 2.61. The van der Waals surface area contributed by atoms with Gasteiger partial charge in [-0.15, -0.1) is 12.4 Å². The third-order valence-electron chi connectivity index (χ3n) is 5.04. The zero-order valence-electron chi connectivity index (χ0n) is 14.9. The topological polar surface area (TPSA) is 50.2 Å². The molecule has 0 bridgehead atoms. The Morgan fingerprint density at radius 3 is 2.57 bits per heavy atom. The van der Waals surface area contributed by atoms with Gasteiger partial charge in [0.05, 0.1) is 16.3 Å². The molecule has 0 radical (unpaired) electrons.